The zero-order chi connectivity index (χ0) is 19.5. The van der Waals surface area contributed by atoms with Crippen molar-refractivity contribution in [1.29, 1.82) is 0 Å². The van der Waals surface area contributed by atoms with Crippen molar-refractivity contribution >= 4 is 21.7 Å². The highest BCUT2D eigenvalue weighted by molar-refractivity contribution is 7.92. The van der Waals surface area contributed by atoms with Gasteiger partial charge in [0, 0.05) is 6.07 Å². The topological polar surface area (TPSA) is 102 Å². The predicted octanol–water partition coefficient (Wildman–Crippen LogP) is 3.21. The molecule has 0 heterocycles. The molecule has 0 bridgehead atoms. The van der Waals surface area contributed by atoms with Crippen LogP contribution in [-0.4, -0.2) is 33.2 Å². The van der Waals surface area contributed by atoms with E-state index in [-0.39, 0.29) is 16.1 Å². The zero-order valence-electron chi connectivity index (χ0n) is 15.0. The van der Waals surface area contributed by atoms with E-state index in [4.69, 9.17) is 9.47 Å². The van der Waals surface area contributed by atoms with Crippen LogP contribution in [0.15, 0.2) is 35.2 Å². The molecular formula is C18H21NO6S. The van der Waals surface area contributed by atoms with Crippen molar-refractivity contribution in [3.05, 3.63) is 47.0 Å². The van der Waals surface area contributed by atoms with E-state index in [0.717, 1.165) is 6.07 Å². The van der Waals surface area contributed by atoms with Crippen molar-refractivity contribution < 1.29 is 27.8 Å². The maximum absolute atomic E-state index is 12.8. The standard InChI is InChI=1S/C18H21NO6S/c1-5-25-15-7-6-14(10-16(15)24-4)19-26(22,23)17-9-13(18(20)21)8-11(2)12(17)3/h6-10,19H,5H2,1-4H3,(H,20,21). The number of anilines is 1. The lowest BCUT2D eigenvalue weighted by Crippen LogP contribution is -2.16. The molecule has 0 unspecified atom stereocenters. The number of carboxylic acids is 1. The molecule has 0 aliphatic heterocycles. The van der Waals surface area contributed by atoms with Gasteiger partial charge in [-0.2, -0.15) is 0 Å². The number of sulfonamides is 1. The first-order valence-electron chi connectivity index (χ1n) is 7.87. The third-order valence-electron chi connectivity index (χ3n) is 3.87. The molecule has 0 aliphatic carbocycles. The van der Waals surface area contributed by atoms with Crippen molar-refractivity contribution in [2.24, 2.45) is 0 Å². The number of aromatic carboxylic acids is 1. The summed E-state index contributed by atoms with van der Waals surface area (Å²) in [6, 6.07) is 7.25. The number of methoxy groups -OCH3 is 1. The number of carbonyl (C=O) groups is 1. The molecule has 0 fully saturated rings. The molecule has 0 aromatic heterocycles. The molecule has 0 atom stereocenters. The van der Waals surface area contributed by atoms with E-state index >= 15 is 0 Å². The van der Waals surface area contributed by atoms with E-state index in [1.807, 2.05) is 6.92 Å². The molecule has 0 saturated carbocycles. The summed E-state index contributed by atoms with van der Waals surface area (Å²) in [4.78, 5) is 11.2. The van der Waals surface area contributed by atoms with Crippen LogP contribution in [0.3, 0.4) is 0 Å². The average molecular weight is 379 g/mol. The van der Waals surface area contributed by atoms with Gasteiger partial charge in [-0.05, 0) is 56.2 Å². The number of hydrogen-bond acceptors (Lipinski definition) is 5. The molecule has 0 radical (unpaired) electrons. The number of aryl methyl sites for hydroxylation is 1. The average Bonchev–Trinajstić information content (AvgIpc) is 2.58. The van der Waals surface area contributed by atoms with Crippen LogP contribution in [0.4, 0.5) is 5.69 Å². The summed E-state index contributed by atoms with van der Waals surface area (Å²) in [6.45, 7) is 5.58. The quantitative estimate of drug-likeness (QED) is 0.766. The first-order chi connectivity index (χ1) is 12.2. The Morgan fingerprint density at radius 2 is 1.85 bits per heavy atom. The van der Waals surface area contributed by atoms with Crippen LogP contribution in [0, 0.1) is 13.8 Å². The fraction of sp³-hybridized carbons (Fsp3) is 0.278. The molecule has 2 aromatic carbocycles. The third kappa shape index (κ3) is 4.08. The number of ether oxygens (including phenoxy) is 2. The zero-order valence-corrected chi connectivity index (χ0v) is 15.8. The third-order valence-corrected chi connectivity index (χ3v) is 5.38. The van der Waals surface area contributed by atoms with Crippen molar-refractivity contribution in [1.82, 2.24) is 0 Å². The van der Waals surface area contributed by atoms with Crippen LogP contribution >= 0.6 is 0 Å². The van der Waals surface area contributed by atoms with Gasteiger partial charge in [-0.15, -0.1) is 0 Å². The van der Waals surface area contributed by atoms with E-state index in [0.29, 0.717) is 29.2 Å². The fourth-order valence-corrected chi connectivity index (χ4v) is 3.84. The molecule has 2 rings (SSSR count). The molecule has 0 spiro atoms. The highest BCUT2D eigenvalue weighted by atomic mass is 32.2. The normalized spacial score (nSPS) is 11.1. The highest BCUT2D eigenvalue weighted by Gasteiger charge is 2.21. The second kappa shape index (κ2) is 7.65. The molecule has 26 heavy (non-hydrogen) atoms. The fourth-order valence-electron chi connectivity index (χ4n) is 2.45. The lowest BCUT2D eigenvalue weighted by Gasteiger charge is -2.15. The maximum atomic E-state index is 12.8. The minimum Gasteiger partial charge on any atom is -0.493 e. The minimum absolute atomic E-state index is 0.0808. The second-order valence-electron chi connectivity index (χ2n) is 5.63. The van der Waals surface area contributed by atoms with Crippen LogP contribution in [0.25, 0.3) is 0 Å². The summed E-state index contributed by atoms with van der Waals surface area (Å²) in [5.41, 5.74) is 1.26. The molecule has 0 amide bonds. The lowest BCUT2D eigenvalue weighted by atomic mass is 10.1. The van der Waals surface area contributed by atoms with Crippen LogP contribution in [0.1, 0.15) is 28.4 Å². The molecule has 2 N–H and O–H groups in total. The number of nitrogens with one attached hydrogen (secondary N) is 1. The molecule has 0 saturated heterocycles. The summed E-state index contributed by atoms with van der Waals surface area (Å²) in [5.74, 6) is -0.302. The van der Waals surface area contributed by atoms with Gasteiger partial charge in [0.2, 0.25) is 0 Å². The Morgan fingerprint density at radius 1 is 1.15 bits per heavy atom. The molecule has 8 heteroatoms. The van der Waals surface area contributed by atoms with E-state index in [9.17, 15) is 18.3 Å². The molecule has 140 valence electrons. The Balaban J connectivity index is 2.45. The van der Waals surface area contributed by atoms with E-state index in [2.05, 4.69) is 4.72 Å². The number of carboxylic acid groups (broad SMARTS) is 1. The monoisotopic (exact) mass is 379 g/mol. The minimum atomic E-state index is -3.98. The van der Waals surface area contributed by atoms with E-state index in [1.165, 1.54) is 19.2 Å². The van der Waals surface area contributed by atoms with Gasteiger partial charge in [-0.3, -0.25) is 4.72 Å². The highest BCUT2D eigenvalue weighted by Crippen LogP contribution is 2.31. The van der Waals surface area contributed by atoms with Gasteiger partial charge < -0.3 is 14.6 Å². The molecule has 0 aliphatic rings. The molecule has 2 aromatic rings. The lowest BCUT2D eigenvalue weighted by molar-refractivity contribution is 0.0696. The summed E-state index contributed by atoms with van der Waals surface area (Å²) in [6.07, 6.45) is 0. The Morgan fingerprint density at radius 3 is 2.42 bits per heavy atom. The van der Waals surface area contributed by atoms with Gasteiger partial charge in [-0.1, -0.05) is 0 Å². The largest absolute Gasteiger partial charge is 0.493 e. The van der Waals surface area contributed by atoms with Gasteiger partial charge >= 0.3 is 5.97 Å². The summed E-state index contributed by atoms with van der Waals surface area (Å²) < 4.78 is 38.6. The van der Waals surface area contributed by atoms with Crippen LogP contribution < -0.4 is 14.2 Å². The van der Waals surface area contributed by atoms with Gasteiger partial charge in [0.05, 0.1) is 29.9 Å². The van der Waals surface area contributed by atoms with Crippen LogP contribution in [-0.2, 0) is 10.0 Å². The predicted molar refractivity (Wildman–Crippen MR) is 97.8 cm³/mol. The van der Waals surface area contributed by atoms with Crippen molar-refractivity contribution in [3.63, 3.8) is 0 Å². The van der Waals surface area contributed by atoms with Crippen LogP contribution in [0.2, 0.25) is 0 Å². The van der Waals surface area contributed by atoms with Gasteiger partial charge in [0.25, 0.3) is 10.0 Å². The Hall–Kier alpha value is -2.74. The molecular weight excluding hydrogens is 358 g/mol. The van der Waals surface area contributed by atoms with Gasteiger partial charge in [0.1, 0.15) is 0 Å². The van der Waals surface area contributed by atoms with Crippen LogP contribution in [0.5, 0.6) is 11.5 Å². The van der Waals surface area contributed by atoms with Gasteiger partial charge in [-0.25, -0.2) is 13.2 Å². The number of benzene rings is 2. The second-order valence-corrected chi connectivity index (χ2v) is 7.28. The SMILES string of the molecule is CCOc1ccc(NS(=O)(=O)c2cc(C(=O)O)cc(C)c2C)cc1OC. The summed E-state index contributed by atoms with van der Waals surface area (Å²) in [5, 5.41) is 9.18. The van der Waals surface area contributed by atoms with Gasteiger partial charge in [0.15, 0.2) is 11.5 Å². The Bertz CT molecular complexity index is 937. The first kappa shape index (κ1) is 19.6. The molecule has 7 nitrogen and oxygen atoms in total. The summed E-state index contributed by atoms with van der Waals surface area (Å²) >= 11 is 0. The maximum Gasteiger partial charge on any atom is 0.335 e. The van der Waals surface area contributed by atoms with Crippen molar-refractivity contribution in [2.45, 2.75) is 25.7 Å². The Labute approximate surface area is 152 Å². The summed E-state index contributed by atoms with van der Waals surface area (Å²) in [7, 11) is -2.52. The van der Waals surface area contributed by atoms with E-state index < -0.39 is 16.0 Å². The first-order valence-corrected chi connectivity index (χ1v) is 9.36. The number of rotatable bonds is 7. The van der Waals surface area contributed by atoms with Crippen molar-refractivity contribution in [3.8, 4) is 11.5 Å². The Kier molecular flexibility index (Phi) is 5.76. The van der Waals surface area contributed by atoms with E-state index in [1.54, 1.807) is 26.0 Å². The number of hydrogen-bond donors (Lipinski definition) is 2. The van der Waals surface area contributed by atoms with Crippen molar-refractivity contribution in [2.75, 3.05) is 18.4 Å². The smallest absolute Gasteiger partial charge is 0.335 e.